The molecule has 35 heavy (non-hydrogen) atoms. The van der Waals surface area contributed by atoms with Gasteiger partial charge in [-0.2, -0.15) is 4.98 Å². The molecule has 0 aliphatic carbocycles. The lowest BCUT2D eigenvalue weighted by molar-refractivity contribution is 0.0951. The molecule has 1 heterocycles. The zero-order chi connectivity index (χ0) is 24.6. The molecule has 3 aromatic carbocycles. The summed E-state index contributed by atoms with van der Waals surface area (Å²) >= 11 is 0. The molecule has 1 aromatic heterocycles. The van der Waals surface area contributed by atoms with E-state index in [-0.39, 0.29) is 11.5 Å². The summed E-state index contributed by atoms with van der Waals surface area (Å²) in [6.45, 7) is 0.338. The number of anilines is 5. The molecule has 0 saturated carbocycles. The number of rotatable bonds is 9. The third-order valence-electron chi connectivity index (χ3n) is 5.12. The Kier molecular flexibility index (Phi) is 7.27. The minimum Gasteiger partial charge on any atom is -0.497 e. The van der Waals surface area contributed by atoms with Crippen LogP contribution in [0.25, 0.3) is 0 Å². The van der Waals surface area contributed by atoms with Gasteiger partial charge in [-0.05, 0) is 48.0 Å². The molecule has 0 atom stereocenters. The van der Waals surface area contributed by atoms with Crippen LogP contribution in [-0.4, -0.2) is 30.1 Å². The van der Waals surface area contributed by atoms with Crippen LogP contribution < -0.4 is 31.2 Å². The number of nitrogens with two attached hydrogens (primary N) is 1. The SMILES string of the molecule is COc1ccc(CNC(=O)c2cnc(Nc3cccc(OC)c3)nc2Nc2cccc(N)c2)cc1. The Balaban J connectivity index is 1.58. The van der Waals surface area contributed by atoms with Crippen LogP contribution in [-0.2, 0) is 6.54 Å². The Morgan fingerprint density at radius 2 is 1.60 bits per heavy atom. The van der Waals surface area contributed by atoms with E-state index in [2.05, 4.69) is 25.9 Å². The molecule has 9 heteroatoms. The fourth-order valence-electron chi connectivity index (χ4n) is 3.31. The average Bonchev–Trinajstić information content (AvgIpc) is 2.88. The first-order valence-electron chi connectivity index (χ1n) is 10.9. The molecule has 0 spiro atoms. The van der Waals surface area contributed by atoms with Crippen LogP contribution in [0.5, 0.6) is 11.5 Å². The van der Waals surface area contributed by atoms with Gasteiger partial charge >= 0.3 is 0 Å². The van der Waals surface area contributed by atoms with Crippen molar-refractivity contribution in [3.8, 4) is 11.5 Å². The summed E-state index contributed by atoms with van der Waals surface area (Å²) in [5.74, 6) is 1.78. The number of amides is 1. The van der Waals surface area contributed by atoms with Crippen molar-refractivity contribution in [3.63, 3.8) is 0 Å². The molecule has 0 radical (unpaired) electrons. The van der Waals surface area contributed by atoms with E-state index >= 15 is 0 Å². The van der Waals surface area contributed by atoms with Gasteiger partial charge in [-0.15, -0.1) is 0 Å². The highest BCUT2D eigenvalue weighted by molar-refractivity contribution is 5.99. The van der Waals surface area contributed by atoms with Crippen LogP contribution in [0.15, 0.2) is 79.0 Å². The van der Waals surface area contributed by atoms with Crippen LogP contribution in [0.2, 0.25) is 0 Å². The Hall–Kier alpha value is -4.79. The molecule has 4 rings (SSSR count). The highest BCUT2D eigenvalue weighted by Crippen LogP contribution is 2.24. The van der Waals surface area contributed by atoms with Crippen molar-refractivity contribution in [1.82, 2.24) is 15.3 Å². The van der Waals surface area contributed by atoms with Gasteiger partial charge in [0.1, 0.15) is 22.9 Å². The smallest absolute Gasteiger partial charge is 0.256 e. The van der Waals surface area contributed by atoms with Crippen LogP contribution >= 0.6 is 0 Å². The van der Waals surface area contributed by atoms with Crippen LogP contribution in [0.1, 0.15) is 15.9 Å². The fraction of sp³-hybridized carbons (Fsp3) is 0.115. The zero-order valence-corrected chi connectivity index (χ0v) is 19.4. The molecule has 0 bridgehead atoms. The summed E-state index contributed by atoms with van der Waals surface area (Å²) in [6, 6.07) is 22.1. The van der Waals surface area contributed by atoms with E-state index in [1.165, 1.54) is 6.20 Å². The van der Waals surface area contributed by atoms with Crippen molar-refractivity contribution in [1.29, 1.82) is 0 Å². The number of hydrogen-bond donors (Lipinski definition) is 4. The molecule has 0 fully saturated rings. The molecule has 178 valence electrons. The van der Waals surface area contributed by atoms with Gasteiger partial charge in [0, 0.05) is 35.9 Å². The molecule has 1 amide bonds. The van der Waals surface area contributed by atoms with Gasteiger partial charge in [0.2, 0.25) is 5.95 Å². The minimum absolute atomic E-state index is 0.289. The van der Waals surface area contributed by atoms with Crippen LogP contribution in [0.4, 0.5) is 28.8 Å². The van der Waals surface area contributed by atoms with E-state index in [4.69, 9.17) is 15.2 Å². The summed E-state index contributed by atoms with van der Waals surface area (Å²) in [7, 11) is 3.21. The second-order valence-corrected chi connectivity index (χ2v) is 7.59. The normalized spacial score (nSPS) is 10.3. The van der Waals surface area contributed by atoms with Gasteiger partial charge in [-0.1, -0.05) is 24.3 Å². The average molecular weight is 471 g/mol. The lowest BCUT2D eigenvalue weighted by Gasteiger charge is -2.14. The van der Waals surface area contributed by atoms with Gasteiger partial charge in [0.15, 0.2) is 0 Å². The summed E-state index contributed by atoms with van der Waals surface area (Å²) < 4.78 is 10.4. The van der Waals surface area contributed by atoms with Crippen LogP contribution in [0, 0.1) is 0 Å². The Morgan fingerprint density at radius 1 is 0.886 bits per heavy atom. The van der Waals surface area contributed by atoms with Gasteiger partial charge < -0.3 is 31.2 Å². The van der Waals surface area contributed by atoms with E-state index in [1.807, 2.05) is 60.7 Å². The first-order chi connectivity index (χ1) is 17.0. The van der Waals surface area contributed by atoms with E-state index in [0.29, 0.717) is 35.4 Å². The number of carbonyl (C=O) groups is 1. The highest BCUT2D eigenvalue weighted by atomic mass is 16.5. The maximum atomic E-state index is 13.1. The zero-order valence-electron chi connectivity index (χ0n) is 19.4. The summed E-state index contributed by atoms with van der Waals surface area (Å²) in [6.07, 6.45) is 1.48. The lowest BCUT2D eigenvalue weighted by atomic mass is 10.2. The third kappa shape index (κ3) is 6.17. The predicted octanol–water partition coefficient (Wildman–Crippen LogP) is 4.49. The van der Waals surface area contributed by atoms with Crippen molar-refractivity contribution in [2.45, 2.75) is 6.54 Å². The van der Waals surface area contributed by atoms with Crippen molar-refractivity contribution in [2.75, 3.05) is 30.6 Å². The number of nitrogens with zero attached hydrogens (tertiary/aromatic N) is 2. The van der Waals surface area contributed by atoms with Gasteiger partial charge in [0.05, 0.1) is 14.2 Å². The molecular weight excluding hydrogens is 444 g/mol. The fourth-order valence-corrected chi connectivity index (χ4v) is 3.31. The molecule has 4 aromatic rings. The highest BCUT2D eigenvalue weighted by Gasteiger charge is 2.16. The lowest BCUT2D eigenvalue weighted by Crippen LogP contribution is -2.24. The van der Waals surface area contributed by atoms with E-state index in [0.717, 1.165) is 17.0 Å². The molecule has 0 unspecified atom stereocenters. The molecule has 0 saturated heterocycles. The standard InChI is InChI=1S/C26H26N6O3/c1-34-21-11-9-17(10-12-21)15-28-25(33)23-16-29-26(31-20-7-4-8-22(14-20)35-2)32-24(23)30-19-6-3-5-18(27)13-19/h3-14,16H,15,27H2,1-2H3,(H,28,33)(H2,29,30,31,32). The van der Waals surface area contributed by atoms with Gasteiger partial charge in [-0.25, -0.2) is 4.98 Å². The van der Waals surface area contributed by atoms with Crippen molar-refractivity contribution in [2.24, 2.45) is 0 Å². The molecule has 9 nitrogen and oxygen atoms in total. The topological polar surface area (TPSA) is 123 Å². The van der Waals surface area contributed by atoms with E-state index < -0.39 is 0 Å². The van der Waals surface area contributed by atoms with E-state index in [9.17, 15) is 4.79 Å². The number of aromatic nitrogens is 2. The summed E-state index contributed by atoms with van der Waals surface area (Å²) in [4.78, 5) is 22.0. The Morgan fingerprint density at radius 3 is 2.31 bits per heavy atom. The monoisotopic (exact) mass is 470 g/mol. The molecule has 0 aliphatic heterocycles. The second-order valence-electron chi connectivity index (χ2n) is 7.59. The predicted molar refractivity (Wildman–Crippen MR) is 137 cm³/mol. The minimum atomic E-state index is -0.319. The first-order valence-corrected chi connectivity index (χ1v) is 10.9. The number of methoxy groups -OCH3 is 2. The number of nitrogens with one attached hydrogen (secondary N) is 3. The largest absolute Gasteiger partial charge is 0.497 e. The maximum Gasteiger partial charge on any atom is 0.256 e. The van der Waals surface area contributed by atoms with Crippen molar-refractivity contribution >= 4 is 34.7 Å². The van der Waals surface area contributed by atoms with Gasteiger partial charge in [-0.3, -0.25) is 4.79 Å². The molecule has 5 N–H and O–H groups in total. The Labute approximate surface area is 203 Å². The number of nitrogen functional groups attached to an aromatic ring is 1. The van der Waals surface area contributed by atoms with E-state index in [1.54, 1.807) is 26.4 Å². The van der Waals surface area contributed by atoms with Crippen molar-refractivity contribution < 1.29 is 14.3 Å². The molecule has 0 aliphatic rings. The Bertz CT molecular complexity index is 1310. The number of benzene rings is 3. The summed E-state index contributed by atoms with van der Waals surface area (Å²) in [5.41, 5.74) is 9.17. The number of carbonyl (C=O) groups excluding carboxylic acids is 1. The number of hydrogen-bond acceptors (Lipinski definition) is 8. The summed E-state index contributed by atoms with van der Waals surface area (Å²) in [5, 5.41) is 9.24. The first kappa shape index (κ1) is 23.4. The third-order valence-corrected chi connectivity index (χ3v) is 5.12. The van der Waals surface area contributed by atoms with Crippen LogP contribution in [0.3, 0.4) is 0 Å². The number of ether oxygens (including phenoxy) is 2. The van der Waals surface area contributed by atoms with Gasteiger partial charge in [0.25, 0.3) is 5.91 Å². The van der Waals surface area contributed by atoms with Crippen molar-refractivity contribution in [3.05, 3.63) is 90.1 Å². The quantitative estimate of drug-likeness (QED) is 0.264. The maximum absolute atomic E-state index is 13.1. The second kappa shape index (κ2) is 10.9. The molecular formula is C26H26N6O3.